The van der Waals surface area contributed by atoms with Gasteiger partial charge in [-0.15, -0.1) is 0 Å². The minimum absolute atomic E-state index is 0.0138. The highest BCUT2D eigenvalue weighted by molar-refractivity contribution is 5.85. The predicted octanol–water partition coefficient (Wildman–Crippen LogP) is 1.62. The average Bonchev–Trinajstić information content (AvgIpc) is 2.79. The number of aliphatic hydroxyl groups excluding tert-OH is 1. The van der Waals surface area contributed by atoms with Crippen LogP contribution in [0.3, 0.4) is 0 Å². The Balaban J connectivity index is 1.38. The molecule has 2 aromatic rings. The summed E-state index contributed by atoms with van der Waals surface area (Å²) in [5.74, 6) is 0.0757. The van der Waals surface area contributed by atoms with Crippen molar-refractivity contribution < 1.29 is 19.4 Å². The summed E-state index contributed by atoms with van der Waals surface area (Å²) in [5.41, 5.74) is 1.55. The van der Waals surface area contributed by atoms with Gasteiger partial charge in [-0.1, -0.05) is 36.4 Å². The average molecular weight is 436 g/mol. The van der Waals surface area contributed by atoms with Crippen molar-refractivity contribution in [1.82, 2.24) is 14.8 Å². The summed E-state index contributed by atoms with van der Waals surface area (Å²) in [6, 6.07) is 13.5. The quantitative estimate of drug-likeness (QED) is 0.772. The number of aliphatic hydroxyl groups is 1. The molecule has 3 aliphatic rings. The molecule has 4 heterocycles. The van der Waals surface area contributed by atoms with Gasteiger partial charge in [-0.2, -0.15) is 0 Å². The molecule has 0 saturated carbocycles. The van der Waals surface area contributed by atoms with Gasteiger partial charge in [0.2, 0.25) is 11.8 Å². The molecule has 7 nitrogen and oxygen atoms in total. The smallest absolute Gasteiger partial charge is 0.227 e. The first-order valence-electron chi connectivity index (χ1n) is 11.4. The highest BCUT2D eigenvalue weighted by Gasteiger charge is 2.68. The van der Waals surface area contributed by atoms with Gasteiger partial charge in [-0.3, -0.25) is 14.6 Å². The van der Waals surface area contributed by atoms with Crippen LogP contribution in [-0.4, -0.2) is 76.2 Å². The number of carbonyl (C=O) groups excluding carboxylic acids is 2. The second-order valence-electron chi connectivity index (χ2n) is 9.12. The topological polar surface area (TPSA) is 83.0 Å². The molecular weight excluding hydrogens is 406 g/mol. The van der Waals surface area contributed by atoms with E-state index in [0.29, 0.717) is 45.6 Å². The molecule has 0 bridgehead atoms. The molecule has 2 amide bonds. The fourth-order valence-electron chi connectivity index (χ4n) is 5.74. The summed E-state index contributed by atoms with van der Waals surface area (Å²) in [7, 11) is 0. The first-order valence-corrected chi connectivity index (χ1v) is 11.4. The van der Waals surface area contributed by atoms with Crippen molar-refractivity contribution in [3.05, 3.63) is 66.0 Å². The lowest BCUT2D eigenvalue weighted by Crippen LogP contribution is -2.86. The molecule has 3 aliphatic heterocycles. The third kappa shape index (κ3) is 3.49. The SMILES string of the molecule is O=C(Cc1cccnc1)N1CC2(C1)[C@H](c1ccccc1)[C@@H](CO)N2C(=O)C1CCOCC1. The van der Waals surface area contributed by atoms with Crippen LogP contribution >= 0.6 is 0 Å². The zero-order chi connectivity index (χ0) is 22.1. The molecule has 5 rings (SSSR count). The van der Waals surface area contributed by atoms with Crippen molar-refractivity contribution in [1.29, 1.82) is 0 Å². The van der Waals surface area contributed by atoms with Crippen LogP contribution in [-0.2, 0) is 20.7 Å². The van der Waals surface area contributed by atoms with Crippen molar-refractivity contribution in [2.24, 2.45) is 5.92 Å². The van der Waals surface area contributed by atoms with E-state index in [1.165, 1.54) is 0 Å². The molecule has 3 saturated heterocycles. The van der Waals surface area contributed by atoms with Crippen molar-refractivity contribution in [2.45, 2.75) is 36.8 Å². The number of amides is 2. The number of benzene rings is 1. The van der Waals surface area contributed by atoms with Crippen LogP contribution in [0.1, 0.15) is 29.9 Å². The lowest BCUT2D eigenvalue weighted by Gasteiger charge is -2.71. The number of aromatic nitrogens is 1. The molecule has 32 heavy (non-hydrogen) atoms. The van der Waals surface area contributed by atoms with Gasteiger partial charge < -0.3 is 19.6 Å². The molecule has 1 aromatic heterocycles. The van der Waals surface area contributed by atoms with Crippen LogP contribution in [0.4, 0.5) is 0 Å². The van der Waals surface area contributed by atoms with Gasteiger partial charge in [0.05, 0.1) is 24.6 Å². The Morgan fingerprint density at radius 3 is 2.50 bits per heavy atom. The normalized spacial score (nSPS) is 24.7. The second-order valence-corrected chi connectivity index (χ2v) is 9.12. The Morgan fingerprint density at radius 1 is 1.09 bits per heavy atom. The summed E-state index contributed by atoms with van der Waals surface area (Å²) in [5, 5.41) is 10.3. The van der Waals surface area contributed by atoms with Gasteiger partial charge in [-0.05, 0) is 30.0 Å². The number of nitrogens with zero attached hydrogens (tertiary/aromatic N) is 3. The maximum atomic E-state index is 13.6. The van der Waals surface area contributed by atoms with E-state index in [4.69, 9.17) is 4.74 Å². The molecule has 168 valence electrons. The van der Waals surface area contributed by atoms with Crippen molar-refractivity contribution >= 4 is 11.8 Å². The van der Waals surface area contributed by atoms with Gasteiger partial charge >= 0.3 is 0 Å². The Hall–Kier alpha value is -2.77. The molecule has 1 aromatic carbocycles. The van der Waals surface area contributed by atoms with Crippen LogP contribution in [0.25, 0.3) is 0 Å². The molecule has 0 aliphatic carbocycles. The van der Waals surface area contributed by atoms with E-state index in [0.717, 1.165) is 11.1 Å². The Kier molecular flexibility index (Phi) is 5.69. The fraction of sp³-hybridized carbons (Fsp3) is 0.480. The number of ether oxygens (including phenoxy) is 1. The number of pyridine rings is 1. The molecule has 3 fully saturated rings. The van der Waals surface area contributed by atoms with Gasteiger partial charge in [-0.25, -0.2) is 0 Å². The maximum Gasteiger partial charge on any atom is 0.227 e. The molecule has 0 radical (unpaired) electrons. The van der Waals surface area contributed by atoms with E-state index in [9.17, 15) is 14.7 Å². The maximum absolute atomic E-state index is 13.6. The Morgan fingerprint density at radius 2 is 1.84 bits per heavy atom. The lowest BCUT2D eigenvalue weighted by molar-refractivity contribution is -0.207. The zero-order valence-electron chi connectivity index (χ0n) is 18.1. The third-order valence-corrected chi connectivity index (χ3v) is 7.29. The zero-order valence-corrected chi connectivity index (χ0v) is 18.1. The summed E-state index contributed by atoms with van der Waals surface area (Å²) < 4.78 is 5.44. The summed E-state index contributed by atoms with van der Waals surface area (Å²) in [4.78, 5) is 34.3. The molecule has 7 heteroatoms. The van der Waals surface area contributed by atoms with E-state index in [-0.39, 0.29) is 36.3 Å². The highest BCUT2D eigenvalue weighted by atomic mass is 16.5. The minimum Gasteiger partial charge on any atom is -0.394 e. The van der Waals surface area contributed by atoms with Crippen LogP contribution in [0.2, 0.25) is 0 Å². The summed E-state index contributed by atoms with van der Waals surface area (Å²) in [6.07, 6.45) is 5.14. The second kappa shape index (κ2) is 8.64. The first kappa shape index (κ1) is 21.1. The number of rotatable bonds is 5. The van der Waals surface area contributed by atoms with Gasteiger partial charge in [0.25, 0.3) is 0 Å². The fourth-order valence-corrected chi connectivity index (χ4v) is 5.74. The van der Waals surface area contributed by atoms with E-state index in [1.54, 1.807) is 12.4 Å². The van der Waals surface area contributed by atoms with Gasteiger partial charge in [0, 0.05) is 50.5 Å². The van der Waals surface area contributed by atoms with Crippen LogP contribution < -0.4 is 0 Å². The molecule has 2 atom stereocenters. The largest absolute Gasteiger partial charge is 0.394 e. The van der Waals surface area contributed by atoms with E-state index in [2.05, 4.69) is 17.1 Å². The molecule has 1 spiro atoms. The van der Waals surface area contributed by atoms with Gasteiger partial charge in [0.1, 0.15) is 0 Å². The minimum atomic E-state index is -0.450. The van der Waals surface area contributed by atoms with E-state index >= 15 is 0 Å². The number of hydrogen-bond donors (Lipinski definition) is 1. The molecule has 1 N–H and O–H groups in total. The number of hydrogen-bond acceptors (Lipinski definition) is 5. The Bertz CT molecular complexity index is 956. The Labute approximate surface area is 188 Å². The van der Waals surface area contributed by atoms with Crippen LogP contribution in [0, 0.1) is 5.92 Å². The summed E-state index contributed by atoms with van der Waals surface area (Å²) >= 11 is 0. The third-order valence-electron chi connectivity index (χ3n) is 7.29. The number of likely N-dealkylation sites (tertiary alicyclic amines) is 2. The standard InChI is InChI=1S/C25H29N3O4/c29-15-21-23(19-6-2-1-3-7-19)25(28(21)24(31)20-8-11-32-12-9-20)16-27(17-25)22(30)13-18-5-4-10-26-14-18/h1-7,10,14,20-21,23,29H,8-9,11-13,15-17H2/t21-,23-/m1/s1. The number of carbonyl (C=O) groups is 2. The van der Waals surface area contributed by atoms with E-state index in [1.807, 2.05) is 40.1 Å². The van der Waals surface area contributed by atoms with Crippen molar-refractivity contribution in [2.75, 3.05) is 32.9 Å². The predicted molar refractivity (Wildman–Crippen MR) is 118 cm³/mol. The summed E-state index contributed by atoms with van der Waals surface area (Å²) in [6.45, 7) is 2.10. The van der Waals surface area contributed by atoms with Crippen LogP contribution in [0.5, 0.6) is 0 Å². The van der Waals surface area contributed by atoms with E-state index < -0.39 is 5.54 Å². The van der Waals surface area contributed by atoms with Gasteiger partial charge in [0.15, 0.2) is 0 Å². The molecular formula is C25H29N3O4. The van der Waals surface area contributed by atoms with Crippen LogP contribution in [0.15, 0.2) is 54.9 Å². The van der Waals surface area contributed by atoms with Crippen molar-refractivity contribution in [3.63, 3.8) is 0 Å². The van der Waals surface area contributed by atoms with Crippen molar-refractivity contribution in [3.8, 4) is 0 Å². The monoisotopic (exact) mass is 435 g/mol. The first-order chi connectivity index (χ1) is 15.6. The highest BCUT2D eigenvalue weighted by Crippen LogP contribution is 2.54. The lowest BCUT2D eigenvalue weighted by atomic mass is 9.60. The molecule has 0 unspecified atom stereocenters.